The highest BCUT2D eigenvalue weighted by Gasteiger charge is 2.17. The van der Waals surface area contributed by atoms with Crippen LogP contribution in [-0.2, 0) is 17.1 Å². The zero-order valence-electron chi connectivity index (χ0n) is 12.9. The van der Waals surface area contributed by atoms with E-state index in [1.165, 1.54) is 16.7 Å². The summed E-state index contributed by atoms with van der Waals surface area (Å²) in [5.74, 6) is -0.185. The van der Waals surface area contributed by atoms with Crippen LogP contribution < -0.4 is 0 Å². The predicted octanol–water partition coefficient (Wildman–Crippen LogP) is 4.32. The minimum atomic E-state index is -3.96. The highest BCUT2D eigenvalue weighted by Crippen LogP contribution is 2.39. The number of aromatic hydroxyl groups is 1. The van der Waals surface area contributed by atoms with Crippen LogP contribution in [0, 0.1) is 6.92 Å². The van der Waals surface area contributed by atoms with E-state index in [0.29, 0.717) is 15.9 Å². The fourth-order valence-corrected chi connectivity index (χ4v) is 3.27. The maximum absolute atomic E-state index is 12.3. The van der Waals surface area contributed by atoms with Gasteiger partial charge in [-0.1, -0.05) is 33.8 Å². The van der Waals surface area contributed by atoms with E-state index in [-0.39, 0.29) is 16.5 Å². The van der Waals surface area contributed by atoms with Crippen molar-refractivity contribution in [1.29, 1.82) is 0 Å². The minimum absolute atomic E-state index is 0.0367. The first-order chi connectivity index (χ1) is 11.3. The van der Waals surface area contributed by atoms with Crippen LogP contribution in [-0.4, -0.2) is 18.1 Å². The predicted molar refractivity (Wildman–Crippen MR) is 92.5 cm³/mol. The Labute approximate surface area is 144 Å². The Kier molecular flexibility index (Phi) is 4.06. The Bertz CT molecular complexity index is 1050. The van der Waals surface area contributed by atoms with Gasteiger partial charge in [0.15, 0.2) is 5.69 Å². The van der Waals surface area contributed by atoms with Crippen LogP contribution in [0.5, 0.6) is 5.88 Å². The second-order valence-electron chi connectivity index (χ2n) is 5.36. The molecule has 0 aliphatic carbocycles. The van der Waals surface area contributed by atoms with Gasteiger partial charge in [-0.05, 0) is 37.3 Å². The van der Waals surface area contributed by atoms with Crippen molar-refractivity contribution in [1.82, 2.24) is 4.57 Å². The van der Waals surface area contributed by atoms with Gasteiger partial charge in [-0.25, -0.2) is 0 Å². The van der Waals surface area contributed by atoms with Crippen LogP contribution in [0.4, 0.5) is 5.69 Å². The summed E-state index contributed by atoms with van der Waals surface area (Å²) in [7, 11) is -2.32. The summed E-state index contributed by atoms with van der Waals surface area (Å²) in [4.78, 5) is 0.0367. The van der Waals surface area contributed by atoms with Crippen LogP contribution in [0.3, 0.4) is 0 Å². The van der Waals surface area contributed by atoms with Gasteiger partial charge >= 0.3 is 0 Å². The number of aryl methyl sites for hydroxylation is 2. The number of hydrogen-bond donors (Lipinski definition) is 1. The molecule has 0 unspecified atom stereocenters. The lowest BCUT2D eigenvalue weighted by atomic mass is 10.2. The second kappa shape index (κ2) is 5.92. The molecule has 3 rings (SSSR count). The van der Waals surface area contributed by atoms with E-state index in [9.17, 15) is 13.5 Å². The zero-order valence-corrected chi connectivity index (χ0v) is 14.5. The van der Waals surface area contributed by atoms with E-state index in [1.807, 2.05) is 6.92 Å². The first kappa shape index (κ1) is 16.5. The molecule has 0 bridgehead atoms. The zero-order chi connectivity index (χ0) is 17.5. The van der Waals surface area contributed by atoms with Crippen LogP contribution in [0.25, 0.3) is 10.9 Å². The van der Waals surface area contributed by atoms with Gasteiger partial charge in [-0.2, -0.15) is 8.42 Å². The Morgan fingerprint density at radius 3 is 2.46 bits per heavy atom. The van der Waals surface area contributed by atoms with Crippen molar-refractivity contribution in [2.24, 2.45) is 16.7 Å². The summed E-state index contributed by atoms with van der Waals surface area (Å²) in [5.41, 5.74) is 1.66. The van der Waals surface area contributed by atoms with Crippen molar-refractivity contribution in [2.75, 3.05) is 0 Å². The molecule has 24 heavy (non-hydrogen) atoms. The lowest BCUT2D eigenvalue weighted by molar-refractivity contribution is 0.436. The third kappa shape index (κ3) is 2.88. The number of aromatic nitrogens is 1. The van der Waals surface area contributed by atoms with Gasteiger partial charge in [-0.3, -0.25) is 0 Å². The summed E-state index contributed by atoms with van der Waals surface area (Å²) in [6.07, 6.45) is 0. The molecule has 0 fully saturated rings. The monoisotopic (exact) mass is 363 g/mol. The molecule has 0 saturated heterocycles. The largest absolute Gasteiger partial charge is 0.493 e. The highest BCUT2D eigenvalue weighted by atomic mass is 35.5. The van der Waals surface area contributed by atoms with Crippen LogP contribution in [0.2, 0.25) is 5.02 Å². The van der Waals surface area contributed by atoms with Crippen molar-refractivity contribution >= 4 is 38.2 Å². The van der Waals surface area contributed by atoms with Crippen LogP contribution in [0.15, 0.2) is 57.0 Å². The minimum Gasteiger partial charge on any atom is -0.493 e. The first-order valence-corrected chi connectivity index (χ1v) is 8.83. The summed E-state index contributed by atoms with van der Waals surface area (Å²) < 4.78 is 29.5. The van der Waals surface area contributed by atoms with E-state index in [4.69, 9.17) is 11.6 Å². The number of benzene rings is 2. The SMILES string of the molecule is Cc1ccc(S(=O)(=O)N=Nc2c(O)n(C)c3ccc(Cl)cc23)cc1. The average Bonchev–Trinajstić information content (AvgIpc) is 2.77. The quantitative estimate of drug-likeness (QED) is 0.703. The maximum atomic E-state index is 12.3. The number of fused-ring (bicyclic) bond motifs is 1. The van der Waals surface area contributed by atoms with Gasteiger partial charge < -0.3 is 9.67 Å². The van der Waals surface area contributed by atoms with E-state index < -0.39 is 10.0 Å². The van der Waals surface area contributed by atoms with E-state index in [2.05, 4.69) is 9.63 Å². The molecule has 1 N–H and O–H groups in total. The van der Waals surface area contributed by atoms with Crippen molar-refractivity contribution in [3.63, 3.8) is 0 Å². The lowest BCUT2D eigenvalue weighted by Gasteiger charge is -1.98. The first-order valence-electron chi connectivity index (χ1n) is 7.01. The maximum Gasteiger partial charge on any atom is 0.299 e. The topological polar surface area (TPSA) is 84.0 Å². The molecule has 8 heteroatoms. The number of halogens is 1. The second-order valence-corrected chi connectivity index (χ2v) is 7.38. The molecule has 124 valence electrons. The third-order valence-corrected chi connectivity index (χ3v) is 5.07. The van der Waals surface area contributed by atoms with Crippen LogP contribution >= 0.6 is 11.6 Å². The summed E-state index contributed by atoms with van der Waals surface area (Å²) in [5, 5.41) is 14.9. The van der Waals surface area contributed by atoms with Gasteiger partial charge in [-0.15, -0.1) is 5.11 Å². The molecule has 3 aromatic rings. The van der Waals surface area contributed by atoms with Gasteiger partial charge in [0.25, 0.3) is 10.0 Å². The lowest BCUT2D eigenvalue weighted by Crippen LogP contribution is -1.95. The van der Waals surface area contributed by atoms with Crippen molar-refractivity contribution in [2.45, 2.75) is 11.8 Å². The molecule has 0 amide bonds. The van der Waals surface area contributed by atoms with Gasteiger partial charge in [0, 0.05) is 17.5 Å². The smallest absolute Gasteiger partial charge is 0.299 e. The van der Waals surface area contributed by atoms with Gasteiger partial charge in [0.05, 0.1) is 10.4 Å². The fraction of sp³-hybridized carbons (Fsp3) is 0.125. The summed E-state index contributed by atoms with van der Waals surface area (Å²) in [6.45, 7) is 1.86. The summed E-state index contributed by atoms with van der Waals surface area (Å²) >= 11 is 5.97. The number of nitrogens with zero attached hydrogens (tertiary/aromatic N) is 3. The molecular formula is C16H14ClN3O3S. The van der Waals surface area contributed by atoms with Crippen molar-refractivity contribution < 1.29 is 13.5 Å². The average molecular weight is 364 g/mol. The Morgan fingerprint density at radius 1 is 1.12 bits per heavy atom. The third-order valence-electron chi connectivity index (χ3n) is 3.67. The van der Waals surface area contributed by atoms with Gasteiger partial charge in [0.1, 0.15) is 0 Å². The standard InChI is InChI=1S/C16H14ClN3O3S/c1-10-3-6-12(7-4-10)24(22,23)19-18-15-13-9-11(17)5-8-14(13)20(2)16(15)21/h3-9,21H,1-2H3. The molecule has 1 heterocycles. The molecule has 6 nitrogen and oxygen atoms in total. The van der Waals surface area contributed by atoms with E-state index in [0.717, 1.165) is 5.56 Å². The Morgan fingerprint density at radius 2 is 1.79 bits per heavy atom. The Balaban J connectivity index is 2.09. The molecule has 0 aliphatic rings. The molecule has 0 radical (unpaired) electrons. The molecule has 0 saturated carbocycles. The molecule has 0 atom stereocenters. The molecule has 0 aliphatic heterocycles. The molecule has 0 spiro atoms. The van der Waals surface area contributed by atoms with Crippen molar-refractivity contribution in [3.05, 3.63) is 53.1 Å². The van der Waals surface area contributed by atoms with E-state index >= 15 is 0 Å². The van der Waals surface area contributed by atoms with E-state index in [1.54, 1.807) is 37.4 Å². The van der Waals surface area contributed by atoms with Crippen molar-refractivity contribution in [3.8, 4) is 5.88 Å². The summed E-state index contributed by atoms with van der Waals surface area (Å²) in [6, 6.07) is 11.3. The molecule has 1 aromatic heterocycles. The number of sulfonamides is 1. The Hall–Kier alpha value is -2.38. The van der Waals surface area contributed by atoms with Gasteiger partial charge in [0.2, 0.25) is 5.88 Å². The molecular weight excluding hydrogens is 350 g/mol. The number of hydrogen-bond acceptors (Lipinski definition) is 4. The van der Waals surface area contributed by atoms with Crippen LogP contribution in [0.1, 0.15) is 5.56 Å². The molecule has 2 aromatic carbocycles. The fourth-order valence-electron chi connectivity index (χ4n) is 2.33. The highest BCUT2D eigenvalue weighted by molar-refractivity contribution is 7.90. The normalized spacial score (nSPS) is 12.3. The number of rotatable bonds is 3.